The molecule has 0 radical (unpaired) electrons. The standard InChI is InChI=1S/C31H37N3O3S/c1-22(2)23-14-16-25(17-15-23)34(4)30(31(36)33-20-24-10-6-9-13-29(24)37-5)27(21-38-19-18-35)26-11-7-8-12-28(26)32-3/h6-18,21-22,30,32H,19-20H2,1-5H3,(H,33,36)/b27-21-. The van der Waals surface area contributed by atoms with Crippen LogP contribution in [0.15, 0.2) is 78.2 Å². The molecule has 0 saturated carbocycles. The van der Waals surface area contributed by atoms with Gasteiger partial charge in [-0.1, -0.05) is 62.4 Å². The summed E-state index contributed by atoms with van der Waals surface area (Å²) in [6.07, 6.45) is 0.869. The summed E-state index contributed by atoms with van der Waals surface area (Å²) in [5.41, 5.74) is 5.64. The van der Waals surface area contributed by atoms with Crippen molar-refractivity contribution in [2.45, 2.75) is 32.4 Å². The summed E-state index contributed by atoms with van der Waals surface area (Å²) in [5, 5.41) is 8.30. The van der Waals surface area contributed by atoms with Gasteiger partial charge in [-0.15, -0.1) is 11.8 Å². The number of nitrogens with zero attached hydrogens (tertiary/aromatic N) is 1. The summed E-state index contributed by atoms with van der Waals surface area (Å²) in [7, 11) is 5.41. The molecule has 0 fully saturated rings. The monoisotopic (exact) mass is 531 g/mol. The number of hydrogen-bond acceptors (Lipinski definition) is 6. The van der Waals surface area contributed by atoms with E-state index >= 15 is 0 Å². The molecule has 0 aliphatic heterocycles. The molecule has 7 heteroatoms. The highest BCUT2D eigenvalue weighted by atomic mass is 32.2. The van der Waals surface area contributed by atoms with Crippen LogP contribution in [0.3, 0.4) is 0 Å². The molecule has 3 aromatic rings. The Kier molecular flexibility index (Phi) is 10.8. The molecule has 2 N–H and O–H groups in total. The maximum atomic E-state index is 14.0. The average molecular weight is 532 g/mol. The van der Waals surface area contributed by atoms with Gasteiger partial charge in [0.1, 0.15) is 18.1 Å². The lowest BCUT2D eigenvalue weighted by Gasteiger charge is -2.32. The minimum atomic E-state index is -0.664. The zero-order valence-corrected chi connectivity index (χ0v) is 23.5. The fraction of sp³-hybridized carbons (Fsp3) is 0.290. The minimum Gasteiger partial charge on any atom is -0.496 e. The number of benzene rings is 3. The van der Waals surface area contributed by atoms with Crippen molar-refractivity contribution in [2.75, 3.05) is 37.2 Å². The van der Waals surface area contributed by atoms with Gasteiger partial charge >= 0.3 is 0 Å². The van der Waals surface area contributed by atoms with Crippen molar-refractivity contribution >= 4 is 40.9 Å². The third-order valence-corrected chi connectivity index (χ3v) is 7.17. The lowest BCUT2D eigenvalue weighted by molar-refractivity contribution is -0.121. The van der Waals surface area contributed by atoms with E-state index < -0.39 is 6.04 Å². The summed E-state index contributed by atoms with van der Waals surface area (Å²) in [6.45, 7) is 4.64. The summed E-state index contributed by atoms with van der Waals surface area (Å²) in [6, 6.07) is 23.2. The second kappa shape index (κ2) is 14.3. The molecular formula is C31H37N3O3S. The molecule has 0 aliphatic carbocycles. The van der Waals surface area contributed by atoms with E-state index in [4.69, 9.17) is 4.74 Å². The molecular weight excluding hydrogens is 494 g/mol. The Morgan fingerprint density at radius 1 is 1.03 bits per heavy atom. The Bertz CT molecular complexity index is 1240. The summed E-state index contributed by atoms with van der Waals surface area (Å²) in [4.78, 5) is 27.2. The Morgan fingerprint density at radius 2 is 1.71 bits per heavy atom. The van der Waals surface area contributed by atoms with Gasteiger partial charge in [0.05, 0.1) is 12.9 Å². The molecule has 1 atom stereocenters. The number of amides is 1. The van der Waals surface area contributed by atoms with E-state index in [9.17, 15) is 9.59 Å². The first-order chi connectivity index (χ1) is 18.4. The number of hydrogen-bond donors (Lipinski definition) is 2. The second-order valence-electron chi connectivity index (χ2n) is 9.16. The van der Waals surface area contributed by atoms with Crippen LogP contribution in [0.4, 0.5) is 11.4 Å². The number of rotatable bonds is 13. The number of aldehydes is 1. The Labute approximate surface area is 230 Å². The maximum absolute atomic E-state index is 14.0. The molecule has 0 aromatic heterocycles. The van der Waals surface area contributed by atoms with Crippen molar-refractivity contribution in [3.63, 3.8) is 0 Å². The summed E-state index contributed by atoms with van der Waals surface area (Å²) in [5.74, 6) is 1.27. The van der Waals surface area contributed by atoms with Gasteiger partial charge in [-0.25, -0.2) is 0 Å². The van der Waals surface area contributed by atoms with Crippen molar-refractivity contribution in [3.05, 3.63) is 94.9 Å². The highest BCUT2D eigenvalue weighted by Gasteiger charge is 2.30. The van der Waals surface area contributed by atoms with E-state index in [-0.39, 0.29) is 5.91 Å². The average Bonchev–Trinajstić information content (AvgIpc) is 2.95. The number of carbonyl (C=O) groups excluding carboxylic acids is 2. The van der Waals surface area contributed by atoms with E-state index in [1.165, 1.54) is 17.3 Å². The smallest absolute Gasteiger partial charge is 0.247 e. The van der Waals surface area contributed by atoms with Crippen LogP contribution in [0.1, 0.15) is 36.5 Å². The van der Waals surface area contributed by atoms with E-state index in [2.05, 4.69) is 48.7 Å². The number of carbonyl (C=O) groups is 2. The van der Waals surface area contributed by atoms with Crippen molar-refractivity contribution in [1.29, 1.82) is 0 Å². The van der Waals surface area contributed by atoms with Crippen LogP contribution in [-0.2, 0) is 16.1 Å². The van der Waals surface area contributed by atoms with Crippen LogP contribution in [0, 0.1) is 0 Å². The molecule has 38 heavy (non-hydrogen) atoms. The number of methoxy groups -OCH3 is 1. The predicted octanol–water partition coefficient (Wildman–Crippen LogP) is 5.95. The van der Waals surface area contributed by atoms with Crippen LogP contribution in [-0.4, -0.2) is 45.2 Å². The molecule has 1 unspecified atom stereocenters. The molecule has 1 amide bonds. The fourth-order valence-electron chi connectivity index (χ4n) is 4.30. The van der Waals surface area contributed by atoms with E-state index in [0.29, 0.717) is 18.2 Å². The first kappa shape index (κ1) is 28.9. The van der Waals surface area contributed by atoms with Gasteiger partial charge < -0.3 is 25.1 Å². The topological polar surface area (TPSA) is 70.7 Å². The summed E-state index contributed by atoms with van der Waals surface area (Å²) >= 11 is 1.38. The van der Waals surface area contributed by atoms with Crippen molar-refractivity contribution in [2.24, 2.45) is 0 Å². The highest BCUT2D eigenvalue weighted by Crippen LogP contribution is 2.33. The number of anilines is 2. The zero-order valence-electron chi connectivity index (χ0n) is 22.7. The molecule has 0 aliphatic rings. The molecule has 200 valence electrons. The first-order valence-corrected chi connectivity index (χ1v) is 13.7. The van der Waals surface area contributed by atoms with Crippen LogP contribution < -0.4 is 20.3 Å². The van der Waals surface area contributed by atoms with E-state index in [1.807, 2.05) is 72.9 Å². The molecule has 0 saturated heterocycles. The van der Waals surface area contributed by atoms with Gasteiger partial charge in [0.15, 0.2) is 0 Å². The van der Waals surface area contributed by atoms with E-state index in [1.54, 1.807) is 7.11 Å². The Balaban J connectivity index is 2.06. The molecule has 0 heterocycles. The summed E-state index contributed by atoms with van der Waals surface area (Å²) < 4.78 is 5.48. The third kappa shape index (κ3) is 7.19. The molecule has 0 bridgehead atoms. The van der Waals surface area contributed by atoms with Crippen LogP contribution in [0.5, 0.6) is 5.75 Å². The highest BCUT2D eigenvalue weighted by molar-refractivity contribution is 8.02. The molecule has 6 nitrogen and oxygen atoms in total. The number of nitrogens with one attached hydrogen (secondary N) is 2. The van der Waals surface area contributed by atoms with Gasteiger partial charge in [-0.3, -0.25) is 4.79 Å². The van der Waals surface area contributed by atoms with Crippen molar-refractivity contribution in [1.82, 2.24) is 5.32 Å². The van der Waals surface area contributed by atoms with Gasteiger partial charge in [0.2, 0.25) is 5.91 Å². The third-order valence-electron chi connectivity index (χ3n) is 6.42. The lowest BCUT2D eigenvalue weighted by Crippen LogP contribution is -2.46. The predicted molar refractivity (Wildman–Crippen MR) is 160 cm³/mol. The molecule has 3 aromatic carbocycles. The van der Waals surface area contributed by atoms with Crippen molar-refractivity contribution in [3.8, 4) is 5.75 Å². The lowest BCUT2D eigenvalue weighted by atomic mass is 9.95. The first-order valence-electron chi connectivity index (χ1n) is 12.7. The van der Waals surface area contributed by atoms with Crippen LogP contribution in [0.25, 0.3) is 5.57 Å². The van der Waals surface area contributed by atoms with Gasteiger partial charge in [0.25, 0.3) is 0 Å². The van der Waals surface area contributed by atoms with Gasteiger partial charge in [-0.2, -0.15) is 0 Å². The quantitative estimate of drug-likeness (QED) is 0.210. The van der Waals surface area contributed by atoms with Crippen LogP contribution in [0.2, 0.25) is 0 Å². The zero-order chi connectivity index (χ0) is 27.5. The molecule has 0 spiro atoms. The molecule has 3 rings (SSSR count). The maximum Gasteiger partial charge on any atom is 0.247 e. The minimum absolute atomic E-state index is 0.157. The van der Waals surface area contributed by atoms with Gasteiger partial charge in [-0.05, 0) is 46.7 Å². The Morgan fingerprint density at radius 3 is 2.37 bits per heavy atom. The number of para-hydroxylation sites is 2. The normalized spacial score (nSPS) is 12.1. The number of ether oxygens (including phenoxy) is 1. The number of likely N-dealkylation sites (N-methyl/N-ethyl adjacent to an activating group) is 1. The number of thioether (sulfide) groups is 1. The Hall–Kier alpha value is -3.71. The van der Waals surface area contributed by atoms with Crippen molar-refractivity contribution < 1.29 is 14.3 Å². The fourth-order valence-corrected chi connectivity index (χ4v) is 4.91. The van der Waals surface area contributed by atoms with Crippen LogP contribution >= 0.6 is 11.8 Å². The van der Waals surface area contributed by atoms with E-state index in [0.717, 1.165) is 40.1 Å². The van der Waals surface area contributed by atoms with Gasteiger partial charge in [0, 0.05) is 43.1 Å². The second-order valence-corrected chi connectivity index (χ2v) is 10.1. The largest absolute Gasteiger partial charge is 0.496 e. The SMILES string of the molecule is CNc1ccccc1/C(=C/SCC=O)C(C(=O)NCc1ccccc1OC)N(C)c1ccc(C(C)C)cc1.